The summed E-state index contributed by atoms with van der Waals surface area (Å²) in [6, 6.07) is 2.75. The Morgan fingerprint density at radius 1 is 1.24 bits per heavy atom. The third kappa shape index (κ3) is 3.74. The lowest BCUT2D eigenvalue weighted by Crippen LogP contribution is -2.49. The summed E-state index contributed by atoms with van der Waals surface area (Å²) >= 11 is 0. The van der Waals surface area contributed by atoms with Crippen LogP contribution in [0.1, 0.15) is 0 Å². The highest BCUT2D eigenvalue weighted by atomic mass is 32.2. The number of hydrogen-bond acceptors (Lipinski definition) is 4. The lowest BCUT2D eigenvalue weighted by Gasteiger charge is -2.27. The van der Waals surface area contributed by atoms with E-state index in [2.05, 4.69) is 5.32 Å². The Morgan fingerprint density at radius 2 is 1.81 bits per heavy atom. The maximum Gasteiger partial charge on any atom is 0.246 e. The smallest absolute Gasteiger partial charge is 0.246 e. The van der Waals surface area contributed by atoms with Crippen molar-refractivity contribution in [1.82, 2.24) is 14.9 Å². The molecule has 21 heavy (non-hydrogen) atoms. The first-order valence-electron chi connectivity index (χ1n) is 6.34. The lowest BCUT2D eigenvalue weighted by atomic mass is 10.3. The van der Waals surface area contributed by atoms with Gasteiger partial charge in [-0.05, 0) is 12.1 Å². The molecule has 1 aliphatic rings. The van der Waals surface area contributed by atoms with Gasteiger partial charge in [-0.1, -0.05) is 6.07 Å². The Balaban J connectivity index is 2.06. The third-order valence-corrected chi connectivity index (χ3v) is 4.52. The molecule has 2 N–H and O–H groups in total. The van der Waals surface area contributed by atoms with Crippen molar-refractivity contribution in [3.8, 4) is 0 Å². The van der Waals surface area contributed by atoms with Crippen LogP contribution in [-0.4, -0.2) is 51.9 Å². The summed E-state index contributed by atoms with van der Waals surface area (Å²) in [6.45, 7) is 1.65. The molecule has 0 aliphatic carbocycles. The van der Waals surface area contributed by atoms with E-state index in [-0.39, 0.29) is 0 Å². The van der Waals surface area contributed by atoms with E-state index in [1.165, 1.54) is 4.90 Å². The summed E-state index contributed by atoms with van der Waals surface area (Å²) in [7, 11) is -4.42. The van der Waals surface area contributed by atoms with E-state index in [0.29, 0.717) is 26.2 Å². The van der Waals surface area contributed by atoms with Gasteiger partial charge in [-0.15, -0.1) is 0 Å². The van der Waals surface area contributed by atoms with Crippen molar-refractivity contribution >= 4 is 15.9 Å². The van der Waals surface area contributed by atoms with Crippen molar-refractivity contribution in [2.75, 3.05) is 32.7 Å². The molecule has 0 spiro atoms. The molecule has 0 bridgehead atoms. The monoisotopic (exact) mass is 319 g/mol. The summed E-state index contributed by atoms with van der Waals surface area (Å²) in [6.07, 6.45) is 0. The minimum atomic E-state index is -4.42. The number of rotatable bonds is 4. The predicted molar refractivity (Wildman–Crippen MR) is 71.0 cm³/mol. The van der Waals surface area contributed by atoms with Crippen molar-refractivity contribution in [1.29, 1.82) is 0 Å². The molecule has 1 amide bonds. The zero-order chi connectivity index (χ0) is 15.5. The molecule has 0 aromatic heterocycles. The normalized spacial score (nSPS) is 16.0. The molecule has 0 radical (unpaired) electrons. The predicted octanol–water partition coefficient (Wildman–Crippen LogP) is -0.325. The van der Waals surface area contributed by atoms with E-state index in [1.54, 1.807) is 0 Å². The van der Waals surface area contributed by atoms with Gasteiger partial charge in [0, 0.05) is 26.2 Å². The van der Waals surface area contributed by atoms with E-state index >= 15 is 0 Å². The fraction of sp³-hybridized carbons (Fsp3) is 0.417. The third-order valence-electron chi connectivity index (χ3n) is 3.07. The van der Waals surface area contributed by atoms with Crippen LogP contribution in [0.2, 0.25) is 0 Å². The SMILES string of the molecule is O=C(CNS(=O)(=O)c1c(F)cccc1F)N1CCNCC1. The quantitative estimate of drug-likeness (QED) is 0.797. The molecule has 1 aliphatic heterocycles. The number of halogens is 2. The Labute approximate surface area is 121 Å². The Kier molecular flexibility index (Phi) is 4.86. The second-order valence-electron chi connectivity index (χ2n) is 4.51. The zero-order valence-corrected chi connectivity index (χ0v) is 11.9. The van der Waals surface area contributed by atoms with Gasteiger partial charge in [0.15, 0.2) is 4.90 Å². The molecule has 0 atom stereocenters. The van der Waals surface area contributed by atoms with Crippen LogP contribution < -0.4 is 10.0 Å². The molecule has 2 rings (SSSR count). The van der Waals surface area contributed by atoms with Crippen LogP contribution in [0.5, 0.6) is 0 Å². The summed E-state index contributed by atoms with van der Waals surface area (Å²) in [5.74, 6) is -2.83. The number of piperazine rings is 1. The number of carbonyl (C=O) groups excluding carboxylic acids is 1. The topological polar surface area (TPSA) is 78.5 Å². The van der Waals surface area contributed by atoms with E-state index in [9.17, 15) is 22.0 Å². The summed E-state index contributed by atoms with van der Waals surface area (Å²) in [5, 5.41) is 3.05. The van der Waals surface area contributed by atoms with E-state index < -0.39 is 39.0 Å². The summed E-state index contributed by atoms with van der Waals surface area (Å²) in [4.78, 5) is 12.2. The molecule has 0 unspecified atom stereocenters. The molecule has 1 fully saturated rings. The molecule has 1 aromatic carbocycles. The highest BCUT2D eigenvalue weighted by molar-refractivity contribution is 7.89. The first-order chi connectivity index (χ1) is 9.92. The molecule has 1 aromatic rings. The zero-order valence-electron chi connectivity index (χ0n) is 11.1. The number of amides is 1. The molecule has 9 heteroatoms. The maximum atomic E-state index is 13.5. The highest BCUT2D eigenvalue weighted by Gasteiger charge is 2.25. The lowest BCUT2D eigenvalue weighted by molar-refractivity contribution is -0.130. The van der Waals surface area contributed by atoms with Gasteiger partial charge in [0.1, 0.15) is 11.6 Å². The Hall–Kier alpha value is -1.58. The number of hydrogen-bond donors (Lipinski definition) is 2. The molecular formula is C12H15F2N3O3S. The molecule has 1 heterocycles. The van der Waals surface area contributed by atoms with Crippen LogP contribution in [0.15, 0.2) is 23.1 Å². The Morgan fingerprint density at radius 3 is 2.38 bits per heavy atom. The number of nitrogens with zero attached hydrogens (tertiary/aromatic N) is 1. The number of carbonyl (C=O) groups is 1. The highest BCUT2D eigenvalue weighted by Crippen LogP contribution is 2.17. The first-order valence-corrected chi connectivity index (χ1v) is 7.82. The van der Waals surface area contributed by atoms with Crippen molar-refractivity contribution in [3.63, 3.8) is 0 Å². The second-order valence-corrected chi connectivity index (χ2v) is 6.21. The van der Waals surface area contributed by atoms with Gasteiger partial charge in [-0.25, -0.2) is 21.9 Å². The number of sulfonamides is 1. The first kappa shape index (κ1) is 15.8. The van der Waals surface area contributed by atoms with E-state index in [1.807, 2.05) is 4.72 Å². The molecule has 116 valence electrons. The Bertz CT molecular complexity index is 610. The maximum absolute atomic E-state index is 13.5. The van der Waals surface area contributed by atoms with E-state index in [4.69, 9.17) is 0 Å². The van der Waals surface area contributed by atoms with Crippen molar-refractivity contribution in [3.05, 3.63) is 29.8 Å². The van der Waals surface area contributed by atoms with Gasteiger partial charge in [0.05, 0.1) is 6.54 Å². The van der Waals surface area contributed by atoms with Crippen LogP contribution in [-0.2, 0) is 14.8 Å². The molecular weight excluding hydrogens is 304 g/mol. The van der Waals surface area contributed by atoms with Gasteiger partial charge in [0.2, 0.25) is 15.9 Å². The summed E-state index contributed by atoms with van der Waals surface area (Å²) in [5.41, 5.74) is 0. The van der Waals surface area contributed by atoms with Crippen LogP contribution in [0.3, 0.4) is 0 Å². The standard InChI is InChI=1S/C12H15F2N3O3S/c13-9-2-1-3-10(14)12(9)21(19,20)16-8-11(18)17-6-4-15-5-7-17/h1-3,15-16H,4-8H2. The van der Waals surface area contributed by atoms with Crippen LogP contribution in [0.4, 0.5) is 8.78 Å². The van der Waals surface area contributed by atoms with Crippen molar-refractivity contribution < 1.29 is 22.0 Å². The molecule has 1 saturated heterocycles. The van der Waals surface area contributed by atoms with E-state index in [0.717, 1.165) is 18.2 Å². The van der Waals surface area contributed by atoms with Gasteiger partial charge >= 0.3 is 0 Å². The van der Waals surface area contributed by atoms with Crippen LogP contribution in [0, 0.1) is 11.6 Å². The van der Waals surface area contributed by atoms with Crippen LogP contribution in [0.25, 0.3) is 0 Å². The molecule has 0 saturated carbocycles. The number of benzene rings is 1. The van der Waals surface area contributed by atoms with Crippen molar-refractivity contribution in [2.24, 2.45) is 0 Å². The minimum Gasteiger partial charge on any atom is -0.339 e. The average Bonchev–Trinajstić information content (AvgIpc) is 2.45. The van der Waals surface area contributed by atoms with Crippen LogP contribution >= 0.6 is 0 Å². The van der Waals surface area contributed by atoms with Gasteiger partial charge in [-0.2, -0.15) is 0 Å². The number of nitrogens with one attached hydrogen (secondary N) is 2. The summed E-state index contributed by atoms with van der Waals surface area (Å²) < 4.78 is 52.6. The molecule has 6 nitrogen and oxygen atoms in total. The largest absolute Gasteiger partial charge is 0.339 e. The van der Waals surface area contributed by atoms with Gasteiger partial charge in [-0.3, -0.25) is 4.79 Å². The fourth-order valence-corrected chi connectivity index (χ4v) is 3.10. The van der Waals surface area contributed by atoms with Gasteiger partial charge < -0.3 is 10.2 Å². The van der Waals surface area contributed by atoms with Crippen molar-refractivity contribution in [2.45, 2.75) is 4.90 Å². The second kappa shape index (κ2) is 6.46. The minimum absolute atomic E-state index is 0.433. The fourth-order valence-electron chi connectivity index (χ4n) is 1.99. The average molecular weight is 319 g/mol. The van der Waals surface area contributed by atoms with Gasteiger partial charge in [0.25, 0.3) is 0 Å².